The summed E-state index contributed by atoms with van der Waals surface area (Å²) in [6.45, 7) is 4.11. The van der Waals surface area contributed by atoms with Gasteiger partial charge in [0.25, 0.3) is 5.56 Å². The van der Waals surface area contributed by atoms with Crippen LogP contribution in [0.25, 0.3) is 10.9 Å². The number of fused-ring (bicyclic) bond motifs is 1. The zero-order valence-electron chi connectivity index (χ0n) is 13.3. The van der Waals surface area contributed by atoms with Gasteiger partial charge in [0.1, 0.15) is 0 Å². The molecule has 0 N–H and O–H groups in total. The molecule has 0 spiro atoms. The minimum absolute atomic E-state index is 0.0843. The molecule has 0 aliphatic carbocycles. The van der Waals surface area contributed by atoms with Crippen LogP contribution in [-0.2, 0) is 12.3 Å². The van der Waals surface area contributed by atoms with Gasteiger partial charge in [-0.15, -0.1) is 6.58 Å². The molecule has 1 aromatic heterocycles. The highest BCUT2D eigenvalue weighted by molar-refractivity contribution is 7.98. The van der Waals surface area contributed by atoms with Gasteiger partial charge in [-0.3, -0.25) is 9.36 Å². The first-order valence-electron chi connectivity index (χ1n) is 7.56. The van der Waals surface area contributed by atoms with E-state index in [2.05, 4.69) is 17.6 Å². The SMILES string of the molecule is C=CCn1c(SCc2ccc(C#N)cc2Cl)nc2ccccc2c1=O. The molecule has 0 saturated carbocycles. The Labute approximate surface area is 154 Å². The summed E-state index contributed by atoms with van der Waals surface area (Å²) in [6, 6.07) is 14.5. The molecule has 4 nitrogen and oxygen atoms in total. The average Bonchev–Trinajstić information content (AvgIpc) is 2.63. The highest BCUT2D eigenvalue weighted by atomic mass is 35.5. The van der Waals surface area contributed by atoms with Crippen LogP contribution in [0, 0.1) is 11.3 Å². The fourth-order valence-electron chi connectivity index (χ4n) is 2.42. The summed E-state index contributed by atoms with van der Waals surface area (Å²) in [5.41, 5.74) is 1.99. The van der Waals surface area contributed by atoms with Crippen molar-refractivity contribution >= 4 is 34.3 Å². The Hall–Kier alpha value is -2.55. The largest absolute Gasteiger partial charge is 0.283 e. The highest BCUT2D eigenvalue weighted by Crippen LogP contribution is 2.27. The Morgan fingerprint density at radius 3 is 2.84 bits per heavy atom. The van der Waals surface area contributed by atoms with Crippen molar-refractivity contribution in [1.82, 2.24) is 9.55 Å². The molecule has 1 heterocycles. The molecule has 0 radical (unpaired) electrons. The standard InChI is InChI=1S/C19H14ClN3OS/c1-2-9-23-18(24)15-5-3-4-6-17(15)22-19(23)25-12-14-8-7-13(11-21)10-16(14)20/h2-8,10H,1,9,12H2. The fraction of sp³-hybridized carbons (Fsp3) is 0.105. The number of thioether (sulfide) groups is 1. The zero-order valence-corrected chi connectivity index (χ0v) is 14.8. The van der Waals surface area contributed by atoms with Gasteiger partial charge in [-0.1, -0.05) is 47.6 Å². The smallest absolute Gasteiger partial charge is 0.262 e. The summed E-state index contributed by atoms with van der Waals surface area (Å²) in [7, 11) is 0. The first-order chi connectivity index (χ1) is 12.1. The Morgan fingerprint density at radius 2 is 2.12 bits per heavy atom. The van der Waals surface area contributed by atoms with E-state index in [4.69, 9.17) is 16.9 Å². The molecule has 0 atom stereocenters. The van der Waals surface area contributed by atoms with E-state index in [1.807, 2.05) is 24.3 Å². The van der Waals surface area contributed by atoms with Crippen LogP contribution in [0.3, 0.4) is 0 Å². The van der Waals surface area contributed by atoms with Crippen LogP contribution in [0.2, 0.25) is 5.02 Å². The molecule has 3 aromatic rings. The Morgan fingerprint density at radius 1 is 1.32 bits per heavy atom. The number of rotatable bonds is 5. The number of aromatic nitrogens is 2. The molecule has 0 unspecified atom stereocenters. The molecule has 0 amide bonds. The summed E-state index contributed by atoms with van der Waals surface area (Å²) in [4.78, 5) is 17.3. The Kier molecular flexibility index (Phi) is 5.22. The summed E-state index contributed by atoms with van der Waals surface area (Å²) in [5, 5.41) is 10.7. The average molecular weight is 368 g/mol. The molecule has 124 valence electrons. The predicted molar refractivity (Wildman–Crippen MR) is 102 cm³/mol. The van der Waals surface area contributed by atoms with Gasteiger partial charge in [0.05, 0.1) is 22.5 Å². The first-order valence-corrected chi connectivity index (χ1v) is 8.92. The van der Waals surface area contributed by atoms with Crippen LogP contribution < -0.4 is 5.56 Å². The van der Waals surface area contributed by atoms with Crippen molar-refractivity contribution < 1.29 is 0 Å². The summed E-state index contributed by atoms with van der Waals surface area (Å²) in [6.07, 6.45) is 1.68. The molecular formula is C19H14ClN3OS. The lowest BCUT2D eigenvalue weighted by Crippen LogP contribution is -2.22. The van der Waals surface area contributed by atoms with Gasteiger partial charge in [-0.25, -0.2) is 4.98 Å². The lowest BCUT2D eigenvalue weighted by atomic mass is 10.2. The van der Waals surface area contributed by atoms with Gasteiger partial charge in [0.15, 0.2) is 5.16 Å². The van der Waals surface area contributed by atoms with Crippen molar-refractivity contribution in [3.8, 4) is 6.07 Å². The topological polar surface area (TPSA) is 58.7 Å². The maximum Gasteiger partial charge on any atom is 0.262 e. The van der Waals surface area contributed by atoms with Gasteiger partial charge in [-0.2, -0.15) is 5.26 Å². The van der Waals surface area contributed by atoms with Crippen molar-refractivity contribution in [2.45, 2.75) is 17.5 Å². The third-order valence-electron chi connectivity index (χ3n) is 3.68. The van der Waals surface area contributed by atoms with Crippen molar-refractivity contribution in [3.63, 3.8) is 0 Å². The van der Waals surface area contributed by atoms with Gasteiger partial charge in [-0.05, 0) is 29.8 Å². The van der Waals surface area contributed by atoms with E-state index in [0.717, 1.165) is 5.56 Å². The van der Waals surface area contributed by atoms with Gasteiger partial charge in [0.2, 0.25) is 0 Å². The number of hydrogen-bond donors (Lipinski definition) is 0. The van der Waals surface area contributed by atoms with Crippen LogP contribution in [0.4, 0.5) is 0 Å². The molecule has 0 fully saturated rings. The number of allylic oxidation sites excluding steroid dienone is 1. The van der Waals surface area contributed by atoms with Crippen LogP contribution in [0.15, 0.2) is 65.1 Å². The lowest BCUT2D eigenvalue weighted by molar-refractivity contribution is 0.671. The van der Waals surface area contributed by atoms with Crippen LogP contribution in [0.5, 0.6) is 0 Å². The summed E-state index contributed by atoms with van der Waals surface area (Å²) in [5.74, 6) is 0.548. The van der Waals surface area contributed by atoms with E-state index < -0.39 is 0 Å². The second-order valence-corrected chi connectivity index (χ2v) is 6.67. The van der Waals surface area contributed by atoms with Crippen molar-refractivity contribution in [2.75, 3.05) is 0 Å². The van der Waals surface area contributed by atoms with Crippen molar-refractivity contribution in [2.24, 2.45) is 0 Å². The molecule has 25 heavy (non-hydrogen) atoms. The molecule has 0 saturated heterocycles. The minimum atomic E-state index is -0.0843. The maximum atomic E-state index is 12.7. The van der Waals surface area contributed by atoms with Gasteiger partial charge in [0, 0.05) is 17.3 Å². The number of halogens is 1. The van der Waals surface area contributed by atoms with Gasteiger partial charge >= 0.3 is 0 Å². The third-order valence-corrected chi connectivity index (χ3v) is 5.05. The van der Waals surface area contributed by atoms with Gasteiger partial charge < -0.3 is 0 Å². The van der Waals surface area contributed by atoms with E-state index in [1.54, 1.807) is 28.8 Å². The summed E-state index contributed by atoms with van der Waals surface area (Å²) >= 11 is 7.67. The molecular weight excluding hydrogens is 354 g/mol. The molecule has 0 bridgehead atoms. The number of nitrogens with zero attached hydrogens (tertiary/aromatic N) is 3. The first kappa shape index (κ1) is 17.3. The number of nitriles is 1. The van der Waals surface area contributed by atoms with E-state index in [-0.39, 0.29) is 5.56 Å². The maximum absolute atomic E-state index is 12.7. The van der Waals surface area contributed by atoms with Crippen LogP contribution in [-0.4, -0.2) is 9.55 Å². The van der Waals surface area contributed by atoms with Crippen LogP contribution >= 0.6 is 23.4 Å². The second kappa shape index (κ2) is 7.56. The third kappa shape index (κ3) is 3.60. The van der Waals surface area contributed by atoms with Crippen molar-refractivity contribution in [1.29, 1.82) is 5.26 Å². The number of hydrogen-bond acceptors (Lipinski definition) is 4. The Bertz CT molecular complexity index is 1050. The second-order valence-electron chi connectivity index (χ2n) is 5.32. The van der Waals surface area contributed by atoms with E-state index in [1.165, 1.54) is 11.8 Å². The molecule has 0 aliphatic heterocycles. The molecule has 2 aromatic carbocycles. The molecule has 3 rings (SSSR count). The van der Waals surface area contributed by atoms with E-state index in [0.29, 0.717) is 38.9 Å². The summed E-state index contributed by atoms with van der Waals surface area (Å²) < 4.78 is 1.61. The highest BCUT2D eigenvalue weighted by Gasteiger charge is 2.11. The quantitative estimate of drug-likeness (QED) is 0.381. The predicted octanol–water partition coefficient (Wildman–Crippen LogP) is 4.40. The number of para-hydroxylation sites is 1. The monoisotopic (exact) mass is 367 g/mol. The molecule has 6 heteroatoms. The molecule has 0 aliphatic rings. The van der Waals surface area contributed by atoms with Crippen LogP contribution in [0.1, 0.15) is 11.1 Å². The number of benzene rings is 2. The van der Waals surface area contributed by atoms with E-state index in [9.17, 15) is 4.79 Å². The lowest BCUT2D eigenvalue weighted by Gasteiger charge is -2.12. The van der Waals surface area contributed by atoms with E-state index >= 15 is 0 Å². The fourth-order valence-corrected chi connectivity index (χ4v) is 3.76. The normalized spacial score (nSPS) is 10.6. The van der Waals surface area contributed by atoms with Crippen molar-refractivity contribution in [3.05, 3.63) is 81.6 Å². The zero-order chi connectivity index (χ0) is 17.8. The Balaban J connectivity index is 1.98. The minimum Gasteiger partial charge on any atom is -0.283 e.